The summed E-state index contributed by atoms with van der Waals surface area (Å²) in [7, 11) is 5.92. The molecule has 3 aromatic rings. The van der Waals surface area contributed by atoms with Crippen LogP contribution in [0.25, 0.3) is 17.0 Å². The Morgan fingerprint density at radius 1 is 1.21 bits per heavy atom. The number of aryl methyl sites for hydroxylation is 1. The van der Waals surface area contributed by atoms with Crippen molar-refractivity contribution in [1.82, 2.24) is 9.47 Å². The van der Waals surface area contributed by atoms with Crippen LogP contribution in [0.5, 0.6) is 11.5 Å². The number of fused-ring (bicyclic) bond motifs is 2. The van der Waals surface area contributed by atoms with Crippen molar-refractivity contribution in [2.24, 2.45) is 0 Å². The van der Waals surface area contributed by atoms with E-state index in [2.05, 4.69) is 48.0 Å². The zero-order chi connectivity index (χ0) is 19.7. The van der Waals surface area contributed by atoms with Gasteiger partial charge in [0, 0.05) is 52.9 Å². The van der Waals surface area contributed by atoms with Crippen LogP contribution in [0.3, 0.4) is 0 Å². The Kier molecular flexibility index (Phi) is 5.01. The number of nitrogen functional groups attached to an aromatic ring is 1. The molecule has 0 saturated heterocycles. The first-order chi connectivity index (χ1) is 13.5. The number of rotatable bonds is 6. The molecule has 0 unspecified atom stereocenters. The van der Waals surface area contributed by atoms with Crippen molar-refractivity contribution in [3.8, 4) is 11.5 Å². The molecule has 2 heterocycles. The number of hydrogen-bond acceptors (Lipinski definition) is 4. The van der Waals surface area contributed by atoms with E-state index in [1.807, 2.05) is 24.3 Å². The normalized spacial score (nSPS) is 14.6. The summed E-state index contributed by atoms with van der Waals surface area (Å²) >= 11 is 0. The predicted molar refractivity (Wildman–Crippen MR) is 115 cm³/mol. The molecule has 0 fully saturated rings. The summed E-state index contributed by atoms with van der Waals surface area (Å²) in [5.74, 6) is 2.66. The first-order valence-electron chi connectivity index (χ1n) is 9.62. The maximum Gasteiger partial charge on any atom is 0.132 e. The molecule has 0 bridgehead atoms. The van der Waals surface area contributed by atoms with E-state index in [1.165, 1.54) is 16.5 Å². The van der Waals surface area contributed by atoms with Gasteiger partial charge in [-0.1, -0.05) is 6.07 Å². The van der Waals surface area contributed by atoms with E-state index in [0.29, 0.717) is 0 Å². The largest absolute Gasteiger partial charge is 0.497 e. The zero-order valence-corrected chi connectivity index (χ0v) is 16.7. The summed E-state index contributed by atoms with van der Waals surface area (Å²) in [6, 6.07) is 12.1. The van der Waals surface area contributed by atoms with Crippen molar-refractivity contribution in [2.45, 2.75) is 19.4 Å². The molecule has 0 amide bonds. The first kappa shape index (κ1) is 18.4. The van der Waals surface area contributed by atoms with Crippen LogP contribution in [-0.4, -0.2) is 37.2 Å². The Morgan fingerprint density at radius 2 is 2.07 bits per heavy atom. The molecular formula is C23H27N3O2. The van der Waals surface area contributed by atoms with Gasteiger partial charge >= 0.3 is 0 Å². The minimum Gasteiger partial charge on any atom is -0.497 e. The SMILES string of the molecule is COc1ccc2c(c1)c(C=C1Cc3ccc(N)cc3O1)cn2CCCN(C)C. The van der Waals surface area contributed by atoms with Crippen LogP contribution in [0, 0.1) is 0 Å². The molecule has 0 aliphatic carbocycles. The minimum atomic E-state index is 0.724. The lowest BCUT2D eigenvalue weighted by Crippen LogP contribution is -2.14. The third-order valence-corrected chi connectivity index (χ3v) is 5.14. The standard InChI is InChI=1S/C23H27N3O2/c1-25(2)9-4-10-26-15-17(21-14-19(27-3)7-8-22(21)26)12-20-11-16-5-6-18(24)13-23(16)28-20/h5-8,12-15H,4,9-11,24H2,1-3H3. The van der Waals surface area contributed by atoms with E-state index in [4.69, 9.17) is 15.2 Å². The fraction of sp³-hybridized carbons (Fsp3) is 0.304. The van der Waals surface area contributed by atoms with Crippen molar-refractivity contribution >= 4 is 22.7 Å². The van der Waals surface area contributed by atoms with Crippen LogP contribution in [-0.2, 0) is 13.0 Å². The van der Waals surface area contributed by atoms with Crippen LogP contribution in [0.15, 0.2) is 48.4 Å². The van der Waals surface area contributed by atoms with Crippen molar-refractivity contribution in [1.29, 1.82) is 0 Å². The molecule has 28 heavy (non-hydrogen) atoms. The van der Waals surface area contributed by atoms with Crippen LogP contribution in [0.1, 0.15) is 17.5 Å². The molecule has 2 N–H and O–H groups in total. The Balaban J connectivity index is 1.68. The summed E-state index contributed by atoms with van der Waals surface area (Å²) in [4.78, 5) is 2.22. The van der Waals surface area contributed by atoms with Gasteiger partial charge in [0.05, 0.1) is 7.11 Å². The molecule has 0 atom stereocenters. The predicted octanol–water partition coefficient (Wildman–Crippen LogP) is 4.16. The summed E-state index contributed by atoms with van der Waals surface area (Å²) in [5, 5.41) is 1.18. The van der Waals surface area contributed by atoms with Gasteiger partial charge in [-0.3, -0.25) is 0 Å². The van der Waals surface area contributed by atoms with Gasteiger partial charge in [-0.25, -0.2) is 0 Å². The average Bonchev–Trinajstić information content (AvgIpc) is 3.22. The van der Waals surface area contributed by atoms with Gasteiger partial charge in [-0.15, -0.1) is 0 Å². The Hall–Kier alpha value is -2.92. The molecule has 5 heteroatoms. The topological polar surface area (TPSA) is 52.7 Å². The highest BCUT2D eigenvalue weighted by atomic mass is 16.5. The molecule has 146 valence electrons. The number of hydrogen-bond donors (Lipinski definition) is 1. The number of allylic oxidation sites excluding steroid dienone is 1. The number of benzene rings is 2. The molecular weight excluding hydrogens is 350 g/mol. The smallest absolute Gasteiger partial charge is 0.132 e. The number of anilines is 1. The molecule has 5 nitrogen and oxygen atoms in total. The fourth-order valence-corrected chi connectivity index (χ4v) is 3.72. The number of aromatic nitrogens is 1. The molecule has 1 aliphatic heterocycles. The summed E-state index contributed by atoms with van der Waals surface area (Å²) in [6.45, 7) is 2.04. The van der Waals surface area contributed by atoms with Gasteiger partial charge in [-0.2, -0.15) is 0 Å². The van der Waals surface area contributed by atoms with Crippen LogP contribution >= 0.6 is 0 Å². The average molecular weight is 377 g/mol. The lowest BCUT2D eigenvalue weighted by molar-refractivity contribution is 0.388. The van der Waals surface area contributed by atoms with Crippen molar-refractivity contribution in [2.75, 3.05) is 33.5 Å². The molecule has 4 rings (SSSR count). The molecule has 1 aromatic heterocycles. The van der Waals surface area contributed by atoms with Gasteiger partial charge in [-0.05, 0) is 57.4 Å². The highest BCUT2D eigenvalue weighted by Crippen LogP contribution is 2.35. The number of methoxy groups -OCH3 is 1. The highest BCUT2D eigenvalue weighted by Gasteiger charge is 2.18. The monoisotopic (exact) mass is 377 g/mol. The Bertz CT molecular complexity index is 1030. The number of nitrogens with two attached hydrogens (primary N) is 1. The fourth-order valence-electron chi connectivity index (χ4n) is 3.72. The van der Waals surface area contributed by atoms with Crippen molar-refractivity contribution < 1.29 is 9.47 Å². The lowest BCUT2D eigenvalue weighted by Gasteiger charge is -2.10. The molecule has 0 radical (unpaired) electrons. The molecule has 0 saturated carbocycles. The number of nitrogens with zero attached hydrogens (tertiary/aromatic N) is 2. The summed E-state index contributed by atoms with van der Waals surface area (Å²) in [6.07, 6.45) is 6.24. The van der Waals surface area contributed by atoms with E-state index in [0.717, 1.165) is 54.4 Å². The Labute approximate surface area is 166 Å². The van der Waals surface area contributed by atoms with Crippen molar-refractivity contribution in [3.05, 3.63) is 59.5 Å². The van der Waals surface area contributed by atoms with Gasteiger partial charge in [0.2, 0.25) is 0 Å². The Morgan fingerprint density at radius 3 is 2.86 bits per heavy atom. The minimum absolute atomic E-state index is 0.724. The maximum atomic E-state index is 6.05. The van der Waals surface area contributed by atoms with E-state index in [1.54, 1.807) is 7.11 Å². The van der Waals surface area contributed by atoms with E-state index >= 15 is 0 Å². The zero-order valence-electron chi connectivity index (χ0n) is 16.7. The van der Waals surface area contributed by atoms with E-state index in [-0.39, 0.29) is 0 Å². The molecule has 2 aromatic carbocycles. The van der Waals surface area contributed by atoms with Gasteiger partial charge in [0.25, 0.3) is 0 Å². The van der Waals surface area contributed by atoms with Gasteiger partial charge in [0.1, 0.15) is 17.3 Å². The van der Waals surface area contributed by atoms with Crippen LogP contribution in [0.2, 0.25) is 0 Å². The second kappa shape index (κ2) is 7.60. The quantitative estimate of drug-likeness (QED) is 0.656. The second-order valence-electron chi connectivity index (χ2n) is 7.57. The third-order valence-electron chi connectivity index (χ3n) is 5.14. The third kappa shape index (κ3) is 3.71. The summed E-state index contributed by atoms with van der Waals surface area (Å²) < 4.78 is 13.8. The lowest BCUT2D eigenvalue weighted by atomic mass is 10.1. The summed E-state index contributed by atoms with van der Waals surface area (Å²) in [5.41, 5.74) is 10.1. The van der Waals surface area contributed by atoms with E-state index < -0.39 is 0 Å². The van der Waals surface area contributed by atoms with Crippen LogP contribution in [0.4, 0.5) is 5.69 Å². The second-order valence-corrected chi connectivity index (χ2v) is 7.57. The first-order valence-corrected chi connectivity index (χ1v) is 9.62. The van der Waals surface area contributed by atoms with Crippen molar-refractivity contribution in [3.63, 3.8) is 0 Å². The van der Waals surface area contributed by atoms with Gasteiger partial charge in [0.15, 0.2) is 0 Å². The molecule has 1 aliphatic rings. The highest BCUT2D eigenvalue weighted by molar-refractivity contribution is 5.91. The molecule has 0 spiro atoms. The maximum absolute atomic E-state index is 6.05. The van der Waals surface area contributed by atoms with Crippen LogP contribution < -0.4 is 15.2 Å². The van der Waals surface area contributed by atoms with E-state index in [9.17, 15) is 0 Å². The van der Waals surface area contributed by atoms with Gasteiger partial charge < -0.3 is 24.7 Å². The number of ether oxygens (including phenoxy) is 2.